The van der Waals surface area contributed by atoms with E-state index < -0.39 is 0 Å². The highest BCUT2D eigenvalue weighted by atomic mass is 35.5. The number of methoxy groups -OCH3 is 2. The molecule has 3 rings (SSSR count). The van der Waals surface area contributed by atoms with Crippen LogP contribution in [0.15, 0.2) is 42.5 Å². The van der Waals surface area contributed by atoms with E-state index in [2.05, 4.69) is 16.3 Å². The average molecular weight is 405 g/mol. The van der Waals surface area contributed by atoms with Crippen molar-refractivity contribution in [3.05, 3.63) is 53.1 Å². The summed E-state index contributed by atoms with van der Waals surface area (Å²) in [5, 5.41) is 3.75. The van der Waals surface area contributed by atoms with Gasteiger partial charge in [0.1, 0.15) is 0 Å². The van der Waals surface area contributed by atoms with E-state index in [0.29, 0.717) is 24.6 Å². The SMILES string of the molecule is COc1ccc(CNC(=O)C[NH+]2CCN(c3cccc(Cl)c3)CC2)cc1OC. The molecule has 1 fully saturated rings. The molecule has 0 bridgehead atoms. The Labute approximate surface area is 171 Å². The molecule has 150 valence electrons. The first kappa shape index (κ1) is 20.3. The molecule has 1 aliphatic rings. The topological polar surface area (TPSA) is 55.2 Å². The molecule has 6 nitrogen and oxygen atoms in total. The van der Waals surface area contributed by atoms with Gasteiger partial charge in [0.25, 0.3) is 5.91 Å². The normalized spacial score (nSPS) is 14.6. The molecule has 0 atom stereocenters. The lowest BCUT2D eigenvalue weighted by molar-refractivity contribution is -0.892. The fraction of sp³-hybridized carbons (Fsp3) is 0.381. The lowest BCUT2D eigenvalue weighted by Gasteiger charge is -2.33. The first-order valence-electron chi connectivity index (χ1n) is 9.40. The molecule has 0 aliphatic carbocycles. The van der Waals surface area contributed by atoms with Crippen molar-refractivity contribution in [1.29, 1.82) is 0 Å². The van der Waals surface area contributed by atoms with E-state index >= 15 is 0 Å². The fourth-order valence-corrected chi connectivity index (χ4v) is 3.60. The van der Waals surface area contributed by atoms with Crippen LogP contribution in [0.4, 0.5) is 5.69 Å². The van der Waals surface area contributed by atoms with Crippen LogP contribution in [0.5, 0.6) is 11.5 Å². The molecule has 2 N–H and O–H groups in total. The Morgan fingerprint density at radius 1 is 1.11 bits per heavy atom. The number of rotatable bonds is 7. The van der Waals surface area contributed by atoms with E-state index in [1.54, 1.807) is 14.2 Å². The van der Waals surface area contributed by atoms with Gasteiger partial charge in [-0.05, 0) is 35.9 Å². The number of nitrogens with zero attached hydrogens (tertiary/aromatic N) is 1. The second-order valence-corrected chi connectivity index (χ2v) is 7.30. The molecule has 0 spiro atoms. The minimum absolute atomic E-state index is 0.0565. The van der Waals surface area contributed by atoms with E-state index in [-0.39, 0.29) is 5.91 Å². The molecular weight excluding hydrogens is 378 g/mol. The number of anilines is 1. The van der Waals surface area contributed by atoms with Gasteiger partial charge in [-0.15, -0.1) is 0 Å². The Balaban J connectivity index is 1.45. The van der Waals surface area contributed by atoms with E-state index in [0.717, 1.165) is 42.5 Å². The Kier molecular flexibility index (Phi) is 7.01. The number of quaternary nitrogens is 1. The number of carbonyl (C=O) groups excluding carboxylic acids is 1. The number of hydrogen-bond donors (Lipinski definition) is 2. The molecule has 1 aliphatic heterocycles. The molecule has 0 unspecified atom stereocenters. The predicted molar refractivity (Wildman–Crippen MR) is 111 cm³/mol. The highest BCUT2D eigenvalue weighted by Gasteiger charge is 2.22. The molecule has 0 radical (unpaired) electrons. The molecule has 2 aromatic carbocycles. The average Bonchev–Trinajstić information content (AvgIpc) is 2.72. The van der Waals surface area contributed by atoms with Crippen molar-refractivity contribution in [2.45, 2.75) is 6.54 Å². The zero-order chi connectivity index (χ0) is 19.9. The summed E-state index contributed by atoms with van der Waals surface area (Å²) >= 11 is 6.08. The van der Waals surface area contributed by atoms with Gasteiger partial charge in [0.2, 0.25) is 0 Å². The van der Waals surface area contributed by atoms with E-state index in [4.69, 9.17) is 21.1 Å². The lowest BCUT2D eigenvalue weighted by Crippen LogP contribution is -3.15. The largest absolute Gasteiger partial charge is 0.493 e. The van der Waals surface area contributed by atoms with Crippen LogP contribution in [0.3, 0.4) is 0 Å². The highest BCUT2D eigenvalue weighted by molar-refractivity contribution is 6.30. The molecule has 1 heterocycles. The molecule has 28 heavy (non-hydrogen) atoms. The van der Waals surface area contributed by atoms with Gasteiger partial charge in [-0.1, -0.05) is 23.7 Å². The molecule has 7 heteroatoms. The third kappa shape index (κ3) is 5.30. The zero-order valence-electron chi connectivity index (χ0n) is 16.3. The van der Waals surface area contributed by atoms with Gasteiger partial charge in [0.15, 0.2) is 18.0 Å². The van der Waals surface area contributed by atoms with Crippen LogP contribution in [-0.2, 0) is 11.3 Å². The maximum atomic E-state index is 12.3. The van der Waals surface area contributed by atoms with Crippen molar-refractivity contribution in [1.82, 2.24) is 5.32 Å². The van der Waals surface area contributed by atoms with Gasteiger partial charge in [-0.25, -0.2) is 0 Å². The number of piperazine rings is 1. The van der Waals surface area contributed by atoms with Gasteiger partial charge in [-0.2, -0.15) is 0 Å². The predicted octanol–water partition coefficient (Wildman–Crippen LogP) is 1.38. The molecule has 1 amide bonds. The van der Waals surface area contributed by atoms with Crippen molar-refractivity contribution >= 4 is 23.2 Å². The Hall–Kier alpha value is -2.44. The van der Waals surface area contributed by atoms with Crippen LogP contribution in [0, 0.1) is 0 Å². The molecular formula is C21H27ClN3O3+. The summed E-state index contributed by atoms with van der Waals surface area (Å²) in [4.78, 5) is 16.0. The summed E-state index contributed by atoms with van der Waals surface area (Å²) < 4.78 is 10.5. The standard InChI is InChI=1S/C21H26ClN3O3/c1-27-19-7-6-16(12-20(19)28-2)14-23-21(26)15-24-8-10-25(11-9-24)18-5-3-4-17(22)13-18/h3-7,12-13H,8-11,14-15H2,1-2H3,(H,23,26)/p+1. The minimum atomic E-state index is 0.0565. The van der Waals surface area contributed by atoms with Crippen LogP contribution in [-0.4, -0.2) is 52.9 Å². The summed E-state index contributed by atoms with van der Waals surface area (Å²) in [7, 11) is 3.21. The number of ether oxygens (including phenoxy) is 2. The summed E-state index contributed by atoms with van der Waals surface area (Å²) in [6.07, 6.45) is 0. The van der Waals surface area contributed by atoms with Crippen LogP contribution in [0.25, 0.3) is 0 Å². The van der Waals surface area contributed by atoms with Gasteiger partial charge in [0, 0.05) is 17.3 Å². The highest BCUT2D eigenvalue weighted by Crippen LogP contribution is 2.27. The number of benzene rings is 2. The number of amides is 1. The Morgan fingerprint density at radius 2 is 1.86 bits per heavy atom. The van der Waals surface area contributed by atoms with Crippen molar-refractivity contribution in [2.75, 3.05) is 51.8 Å². The number of halogens is 1. The number of hydrogen-bond acceptors (Lipinski definition) is 4. The van der Waals surface area contributed by atoms with Crippen molar-refractivity contribution in [3.63, 3.8) is 0 Å². The summed E-state index contributed by atoms with van der Waals surface area (Å²) in [5.74, 6) is 1.40. The van der Waals surface area contributed by atoms with E-state index in [1.807, 2.05) is 36.4 Å². The lowest BCUT2D eigenvalue weighted by atomic mass is 10.2. The second-order valence-electron chi connectivity index (χ2n) is 6.86. The number of carbonyl (C=O) groups is 1. The van der Waals surface area contributed by atoms with Crippen LogP contribution >= 0.6 is 11.6 Å². The van der Waals surface area contributed by atoms with Crippen molar-refractivity contribution < 1.29 is 19.2 Å². The summed E-state index contributed by atoms with van der Waals surface area (Å²) in [6, 6.07) is 13.6. The van der Waals surface area contributed by atoms with Crippen molar-refractivity contribution in [3.8, 4) is 11.5 Å². The molecule has 0 saturated carbocycles. The first-order valence-corrected chi connectivity index (χ1v) is 9.78. The third-order valence-corrected chi connectivity index (χ3v) is 5.23. The Bertz CT molecular complexity index is 807. The van der Waals surface area contributed by atoms with Gasteiger partial charge < -0.3 is 24.6 Å². The summed E-state index contributed by atoms with van der Waals surface area (Å²) in [6.45, 7) is 4.64. The first-order chi connectivity index (χ1) is 13.6. The molecule has 2 aromatic rings. The van der Waals surface area contributed by atoms with Crippen LogP contribution in [0.1, 0.15) is 5.56 Å². The minimum Gasteiger partial charge on any atom is -0.493 e. The maximum absolute atomic E-state index is 12.3. The van der Waals surface area contributed by atoms with Crippen LogP contribution < -0.4 is 24.6 Å². The third-order valence-electron chi connectivity index (χ3n) is 4.99. The van der Waals surface area contributed by atoms with Crippen LogP contribution in [0.2, 0.25) is 5.02 Å². The van der Waals surface area contributed by atoms with E-state index in [1.165, 1.54) is 4.90 Å². The quantitative estimate of drug-likeness (QED) is 0.732. The molecule has 0 aromatic heterocycles. The zero-order valence-corrected chi connectivity index (χ0v) is 17.1. The maximum Gasteiger partial charge on any atom is 0.275 e. The van der Waals surface area contributed by atoms with E-state index in [9.17, 15) is 4.79 Å². The monoisotopic (exact) mass is 404 g/mol. The number of nitrogens with one attached hydrogen (secondary N) is 2. The summed E-state index contributed by atoms with van der Waals surface area (Å²) in [5.41, 5.74) is 2.12. The van der Waals surface area contributed by atoms with Gasteiger partial charge in [-0.3, -0.25) is 4.79 Å². The Morgan fingerprint density at radius 3 is 2.54 bits per heavy atom. The second kappa shape index (κ2) is 9.66. The smallest absolute Gasteiger partial charge is 0.275 e. The van der Waals surface area contributed by atoms with Gasteiger partial charge in [0.05, 0.1) is 40.4 Å². The fourth-order valence-electron chi connectivity index (χ4n) is 3.41. The van der Waals surface area contributed by atoms with Gasteiger partial charge >= 0.3 is 0 Å². The van der Waals surface area contributed by atoms with Crippen molar-refractivity contribution in [2.24, 2.45) is 0 Å². The molecule has 1 saturated heterocycles.